The minimum atomic E-state index is 0.557. The molecule has 0 aliphatic heterocycles. The fourth-order valence-electron chi connectivity index (χ4n) is 1.37. The minimum Gasteiger partial charge on any atom is -0.314 e. The molecule has 0 aliphatic rings. The molecule has 0 rings (SSSR count). The lowest BCUT2D eigenvalue weighted by Gasteiger charge is -2.21. The molecule has 1 unspecified atom stereocenters. The molecule has 3 nitrogen and oxygen atoms in total. The summed E-state index contributed by atoms with van der Waals surface area (Å²) in [6.45, 7) is 9.54. The van der Waals surface area contributed by atoms with Crippen LogP contribution in [-0.2, 0) is 0 Å². The standard InChI is InChI=1S/C11H23N3/c1-10(2)13-8-11(3)9-14(4)7-5-6-12/h10-11,13H,5,7-9H2,1-4H3. The molecule has 14 heavy (non-hydrogen) atoms. The molecule has 0 radical (unpaired) electrons. The predicted molar refractivity (Wildman–Crippen MR) is 60.0 cm³/mol. The average molecular weight is 197 g/mol. The quantitative estimate of drug-likeness (QED) is 0.671. The SMILES string of the molecule is CC(CNC(C)C)CN(C)CCC#N. The molecular formula is C11H23N3. The Morgan fingerprint density at radius 2 is 2.00 bits per heavy atom. The van der Waals surface area contributed by atoms with E-state index in [1.165, 1.54) is 0 Å². The molecule has 0 aliphatic carbocycles. The van der Waals surface area contributed by atoms with Crippen LogP contribution < -0.4 is 5.32 Å². The van der Waals surface area contributed by atoms with Crippen LogP contribution in [0.2, 0.25) is 0 Å². The first-order valence-electron chi connectivity index (χ1n) is 5.35. The van der Waals surface area contributed by atoms with Crippen LogP contribution in [0.15, 0.2) is 0 Å². The van der Waals surface area contributed by atoms with Crippen LogP contribution in [0.3, 0.4) is 0 Å². The molecule has 0 fully saturated rings. The van der Waals surface area contributed by atoms with Crippen LogP contribution >= 0.6 is 0 Å². The maximum Gasteiger partial charge on any atom is 0.0635 e. The zero-order valence-electron chi connectivity index (χ0n) is 9.88. The first-order valence-corrected chi connectivity index (χ1v) is 5.35. The van der Waals surface area contributed by atoms with Gasteiger partial charge in [0.05, 0.1) is 6.07 Å². The van der Waals surface area contributed by atoms with Gasteiger partial charge in [-0.05, 0) is 19.5 Å². The normalized spacial score (nSPS) is 13.2. The van der Waals surface area contributed by atoms with E-state index < -0.39 is 0 Å². The van der Waals surface area contributed by atoms with Crippen molar-refractivity contribution in [1.29, 1.82) is 5.26 Å². The van der Waals surface area contributed by atoms with E-state index in [0.717, 1.165) is 19.6 Å². The van der Waals surface area contributed by atoms with Crippen molar-refractivity contribution < 1.29 is 0 Å². The number of nitrogens with one attached hydrogen (secondary N) is 1. The molecule has 1 N–H and O–H groups in total. The lowest BCUT2D eigenvalue weighted by molar-refractivity contribution is 0.283. The Kier molecular flexibility index (Phi) is 7.45. The zero-order valence-corrected chi connectivity index (χ0v) is 9.88. The third kappa shape index (κ3) is 8.03. The zero-order chi connectivity index (χ0) is 11.0. The van der Waals surface area contributed by atoms with Gasteiger partial charge >= 0.3 is 0 Å². The largest absolute Gasteiger partial charge is 0.314 e. The van der Waals surface area contributed by atoms with E-state index >= 15 is 0 Å². The van der Waals surface area contributed by atoms with E-state index in [9.17, 15) is 0 Å². The van der Waals surface area contributed by atoms with E-state index in [1.54, 1.807) is 0 Å². The second-order valence-electron chi connectivity index (χ2n) is 4.34. The summed E-state index contributed by atoms with van der Waals surface area (Å²) in [7, 11) is 2.07. The van der Waals surface area contributed by atoms with Gasteiger partial charge in [-0.25, -0.2) is 0 Å². The van der Waals surface area contributed by atoms with Crippen LogP contribution in [0.1, 0.15) is 27.2 Å². The molecule has 0 saturated carbocycles. The monoisotopic (exact) mass is 197 g/mol. The molecule has 0 aromatic carbocycles. The molecule has 0 heterocycles. The van der Waals surface area contributed by atoms with E-state index in [0.29, 0.717) is 18.4 Å². The topological polar surface area (TPSA) is 39.1 Å². The summed E-state index contributed by atoms with van der Waals surface area (Å²) in [4.78, 5) is 2.22. The summed E-state index contributed by atoms with van der Waals surface area (Å²) in [6.07, 6.45) is 0.626. The van der Waals surface area contributed by atoms with Crippen LogP contribution in [0.4, 0.5) is 0 Å². The van der Waals surface area contributed by atoms with Gasteiger partial charge < -0.3 is 10.2 Å². The maximum atomic E-state index is 8.44. The molecule has 82 valence electrons. The van der Waals surface area contributed by atoms with Crippen LogP contribution in [0, 0.1) is 17.2 Å². The molecule has 0 saturated heterocycles. The van der Waals surface area contributed by atoms with E-state index in [2.05, 4.69) is 44.1 Å². The molecular weight excluding hydrogens is 174 g/mol. The van der Waals surface area contributed by atoms with Crippen molar-refractivity contribution >= 4 is 0 Å². The van der Waals surface area contributed by atoms with Crippen molar-refractivity contribution in [2.24, 2.45) is 5.92 Å². The van der Waals surface area contributed by atoms with Crippen molar-refractivity contribution in [3.63, 3.8) is 0 Å². The maximum absolute atomic E-state index is 8.44. The number of hydrogen-bond donors (Lipinski definition) is 1. The number of nitrogens with zero attached hydrogens (tertiary/aromatic N) is 2. The summed E-state index contributed by atoms with van der Waals surface area (Å²) in [6, 6.07) is 2.72. The fraction of sp³-hybridized carbons (Fsp3) is 0.909. The Labute approximate surface area is 88.1 Å². The van der Waals surface area contributed by atoms with Gasteiger partial charge in [-0.1, -0.05) is 20.8 Å². The Morgan fingerprint density at radius 1 is 1.36 bits per heavy atom. The average Bonchev–Trinajstić information content (AvgIpc) is 2.11. The Hall–Kier alpha value is -0.590. The smallest absolute Gasteiger partial charge is 0.0635 e. The summed E-state index contributed by atoms with van der Waals surface area (Å²) in [5.41, 5.74) is 0. The third-order valence-corrected chi connectivity index (χ3v) is 2.10. The number of rotatable bonds is 7. The first kappa shape index (κ1) is 13.4. The van der Waals surface area contributed by atoms with Crippen LogP contribution in [0.25, 0.3) is 0 Å². The molecule has 0 aromatic heterocycles. The first-order chi connectivity index (χ1) is 6.56. The number of hydrogen-bond acceptors (Lipinski definition) is 3. The molecule has 3 heteroatoms. The summed E-state index contributed by atoms with van der Waals surface area (Å²) < 4.78 is 0. The second kappa shape index (κ2) is 7.78. The van der Waals surface area contributed by atoms with Gasteiger partial charge in [0.15, 0.2) is 0 Å². The van der Waals surface area contributed by atoms with Gasteiger partial charge in [-0.2, -0.15) is 5.26 Å². The van der Waals surface area contributed by atoms with Gasteiger partial charge in [0.25, 0.3) is 0 Å². The van der Waals surface area contributed by atoms with Crippen LogP contribution in [-0.4, -0.2) is 37.6 Å². The van der Waals surface area contributed by atoms with Crippen LogP contribution in [0.5, 0.6) is 0 Å². The highest BCUT2D eigenvalue weighted by Crippen LogP contribution is 1.97. The molecule has 1 atom stereocenters. The van der Waals surface area contributed by atoms with Gasteiger partial charge in [0.2, 0.25) is 0 Å². The lowest BCUT2D eigenvalue weighted by Crippen LogP contribution is -2.34. The van der Waals surface area contributed by atoms with Crippen molar-refractivity contribution in [3.8, 4) is 6.07 Å². The van der Waals surface area contributed by atoms with Crippen molar-refractivity contribution in [3.05, 3.63) is 0 Å². The van der Waals surface area contributed by atoms with Crippen molar-refractivity contribution in [2.75, 3.05) is 26.7 Å². The Balaban J connectivity index is 3.50. The molecule has 0 amide bonds. The van der Waals surface area contributed by atoms with Crippen molar-refractivity contribution in [2.45, 2.75) is 33.2 Å². The highest BCUT2D eigenvalue weighted by atomic mass is 15.1. The molecule has 0 spiro atoms. The predicted octanol–water partition coefficient (Wildman–Crippen LogP) is 1.47. The van der Waals surface area contributed by atoms with E-state index in [1.807, 2.05) is 0 Å². The fourth-order valence-corrected chi connectivity index (χ4v) is 1.37. The third-order valence-electron chi connectivity index (χ3n) is 2.10. The van der Waals surface area contributed by atoms with Gasteiger partial charge in [0.1, 0.15) is 0 Å². The lowest BCUT2D eigenvalue weighted by atomic mass is 10.1. The van der Waals surface area contributed by atoms with Gasteiger partial charge in [0, 0.05) is 25.6 Å². The summed E-state index contributed by atoms with van der Waals surface area (Å²) >= 11 is 0. The molecule has 0 aromatic rings. The van der Waals surface area contributed by atoms with E-state index in [-0.39, 0.29) is 0 Å². The molecule has 0 bridgehead atoms. The van der Waals surface area contributed by atoms with Gasteiger partial charge in [-0.15, -0.1) is 0 Å². The minimum absolute atomic E-state index is 0.557. The highest BCUT2D eigenvalue weighted by Gasteiger charge is 2.06. The van der Waals surface area contributed by atoms with Crippen molar-refractivity contribution in [1.82, 2.24) is 10.2 Å². The van der Waals surface area contributed by atoms with Gasteiger partial charge in [-0.3, -0.25) is 0 Å². The second-order valence-corrected chi connectivity index (χ2v) is 4.34. The summed E-state index contributed by atoms with van der Waals surface area (Å²) in [5.74, 6) is 0.640. The Morgan fingerprint density at radius 3 is 2.50 bits per heavy atom. The summed E-state index contributed by atoms with van der Waals surface area (Å²) in [5, 5.41) is 11.9. The Bertz CT molecular complexity index is 172. The van der Waals surface area contributed by atoms with E-state index in [4.69, 9.17) is 5.26 Å². The highest BCUT2D eigenvalue weighted by molar-refractivity contribution is 4.72. The number of nitriles is 1.